The van der Waals surface area contributed by atoms with Gasteiger partial charge in [0.2, 0.25) is 5.91 Å². The van der Waals surface area contributed by atoms with Crippen LogP contribution in [-0.4, -0.2) is 24.9 Å². The summed E-state index contributed by atoms with van der Waals surface area (Å²) in [5.41, 5.74) is 2.70. The first-order valence-corrected chi connectivity index (χ1v) is 9.80. The van der Waals surface area contributed by atoms with Crippen LogP contribution in [0.3, 0.4) is 0 Å². The quantitative estimate of drug-likeness (QED) is 0.457. The van der Waals surface area contributed by atoms with E-state index >= 15 is 0 Å². The summed E-state index contributed by atoms with van der Waals surface area (Å²) in [6, 6.07) is 10.4. The van der Waals surface area contributed by atoms with Crippen LogP contribution in [0.4, 0.5) is 5.69 Å². The maximum atomic E-state index is 12.1. The third kappa shape index (κ3) is 6.39. The first-order valence-electron chi connectivity index (χ1n) is 9.80. The fraction of sp³-hybridized carbons (Fsp3) is 0.364. The summed E-state index contributed by atoms with van der Waals surface area (Å²) >= 11 is 0. The number of anilines is 1. The number of hydrogen-bond donors (Lipinski definition) is 3. The van der Waals surface area contributed by atoms with Crippen LogP contribution >= 0.6 is 0 Å². The lowest BCUT2D eigenvalue weighted by molar-refractivity contribution is -0.115. The molecule has 0 unspecified atom stereocenters. The molecule has 1 aliphatic carbocycles. The lowest BCUT2D eigenvalue weighted by Crippen LogP contribution is -2.29. The Morgan fingerprint density at radius 2 is 1.93 bits per heavy atom. The molecule has 0 radical (unpaired) electrons. The van der Waals surface area contributed by atoms with E-state index in [2.05, 4.69) is 22.0 Å². The van der Waals surface area contributed by atoms with Gasteiger partial charge in [0.1, 0.15) is 5.76 Å². The van der Waals surface area contributed by atoms with Crippen molar-refractivity contribution in [2.24, 2.45) is 0 Å². The number of rotatable bonds is 9. The van der Waals surface area contributed by atoms with E-state index in [9.17, 15) is 9.59 Å². The van der Waals surface area contributed by atoms with Crippen LogP contribution in [0.1, 0.15) is 48.2 Å². The van der Waals surface area contributed by atoms with E-state index in [-0.39, 0.29) is 18.4 Å². The molecule has 6 nitrogen and oxygen atoms in total. The van der Waals surface area contributed by atoms with Gasteiger partial charge in [0.15, 0.2) is 0 Å². The van der Waals surface area contributed by atoms with E-state index in [0.717, 1.165) is 13.0 Å². The second kappa shape index (κ2) is 10.5. The van der Waals surface area contributed by atoms with Gasteiger partial charge in [-0.05, 0) is 75.0 Å². The molecule has 2 aromatic rings. The van der Waals surface area contributed by atoms with Crippen LogP contribution in [0.5, 0.6) is 0 Å². The van der Waals surface area contributed by atoms with Crippen LogP contribution in [0.25, 0.3) is 0 Å². The molecule has 0 bridgehead atoms. The number of carbonyl (C=O) groups is 2. The highest BCUT2D eigenvalue weighted by atomic mass is 16.3. The summed E-state index contributed by atoms with van der Waals surface area (Å²) in [6.45, 7) is 1.43. The third-order valence-corrected chi connectivity index (χ3v) is 4.73. The molecule has 2 amide bonds. The number of hydrogen-bond acceptors (Lipinski definition) is 4. The molecule has 3 rings (SSSR count). The van der Waals surface area contributed by atoms with E-state index < -0.39 is 0 Å². The predicted octanol–water partition coefficient (Wildman–Crippen LogP) is 3.63. The maximum absolute atomic E-state index is 12.1. The lowest BCUT2D eigenvalue weighted by Gasteiger charge is -2.13. The van der Waals surface area contributed by atoms with E-state index in [0.29, 0.717) is 23.6 Å². The molecule has 3 N–H and O–H groups in total. The van der Waals surface area contributed by atoms with Crippen molar-refractivity contribution in [3.8, 4) is 0 Å². The van der Waals surface area contributed by atoms with Gasteiger partial charge in [-0.15, -0.1) is 0 Å². The summed E-state index contributed by atoms with van der Waals surface area (Å²) in [4.78, 5) is 24.2. The summed E-state index contributed by atoms with van der Waals surface area (Å²) in [5.74, 6) is 0.421. The Morgan fingerprint density at radius 3 is 2.64 bits per heavy atom. The van der Waals surface area contributed by atoms with Crippen molar-refractivity contribution >= 4 is 17.5 Å². The molecule has 28 heavy (non-hydrogen) atoms. The van der Waals surface area contributed by atoms with E-state index in [1.807, 2.05) is 0 Å². The summed E-state index contributed by atoms with van der Waals surface area (Å²) in [5, 5.41) is 8.81. The van der Waals surface area contributed by atoms with Crippen LogP contribution in [0, 0.1) is 0 Å². The second-order valence-corrected chi connectivity index (χ2v) is 6.92. The van der Waals surface area contributed by atoms with Crippen molar-refractivity contribution in [1.82, 2.24) is 10.6 Å². The van der Waals surface area contributed by atoms with E-state index in [1.54, 1.807) is 42.7 Å². The maximum Gasteiger partial charge on any atom is 0.251 e. The predicted molar refractivity (Wildman–Crippen MR) is 109 cm³/mol. The van der Waals surface area contributed by atoms with Gasteiger partial charge in [0.05, 0.1) is 19.4 Å². The summed E-state index contributed by atoms with van der Waals surface area (Å²) in [7, 11) is 0. The molecule has 1 aromatic carbocycles. The lowest BCUT2D eigenvalue weighted by atomic mass is 9.97. The monoisotopic (exact) mass is 381 g/mol. The highest BCUT2D eigenvalue weighted by molar-refractivity contribution is 5.96. The number of furan rings is 1. The largest absolute Gasteiger partial charge is 0.467 e. The zero-order chi connectivity index (χ0) is 19.6. The van der Waals surface area contributed by atoms with Gasteiger partial charge in [0.25, 0.3) is 5.91 Å². The van der Waals surface area contributed by atoms with Gasteiger partial charge in [-0.1, -0.05) is 11.6 Å². The minimum atomic E-state index is -0.187. The molecule has 1 aliphatic rings. The summed E-state index contributed by atoms with van der Waals surface area (Å²) < 4.78 is 5.19. The van der Waals surface area contributed by atoms with Gasteiger partial charge >= 0.3 is 0 Å². The highest BCUT2D eigenvalue weighted by Gasteiger charge is 2.08. The average Bonchev–Trinajstić information content (AvgIpc) is 3.24. The smallest absolute Gasteiger partial charge is 0.251 e. The van der Waals surface area contributed by atoms with Gasteiger partial charge in [-0.3, -0.25) is 9.59 Å². The molecule has 0 atom stereocenters. The minimum absolute atomic E-state index is 0.0901. The number of nitrogens with one attached hydrogen (secondary N) is 3. The molecular weight excluding hydrogens is 354 g/mol. The van der Waals surface area contributed by atoms with Crippen molar-refractivity contribution in [3.05, 3.63) is 65.6 Å². The molecule has 1 heterocycles. The molecule has 148 valence electrons. The average molecular weight is 381 g/mol. The first-order chi connectivity index (χ1) is 13.7. The molecule has 0 saturated heterocycles. The van der Waals surface area contributed by atoms with Crippen LogP contribution < -0.4 is 16.0 Å². The van der Waals surface area contributed by atoms with Crippen LogP contribution in [0.2, 0.25) is 0 Å². The van der Waals surface area contributed by atoms with Crippen molar-refractivity contribution in [3.63, 3.8) is 0 Å². The number of amides is 2. The highest BCUT2D eigenvalue weighted by Crippen LogP contribution is 2.19. The minimum Gasteiger partial charge on any atom is -0.467 e. The Morgan fingerprint density at radius 1 is 1.07 bits per heavy atom. The standard InChI is InChI=1S/C22H27N3O3/c26-21(16-23-13-12-17-5-2-1-3-6-17)25-19-10-8-18(9-11-19)22(27)24-15-20-7-4-14-28-20/h4-5,7-11,14,23H,1-3,6,12-13,15-16H2,(H,24,27)(H,25,26). The Labute approximate surface area is 165 Å². The van der Waals surface area contributed by atoms with Gasteiger partial charge in [-0.25, -0.2) is 0 Å². The van der Waals surface area contributed by atoms with Crippen molar-refractivity contribution in [1.29, 1.82) is 0 Å². The molecule has 0 saturated carbocycles. The Balaban J connectivity index is 1.36. The zero-order valence-corrected chi connectivity index (χ0v) is 16.0. The fourth-order valence-electron chi connectivity index (χ4n) is 3.18. The molecule has 6 heteroatoms. The molecular formula is C22H27N3O3. The third-order valence-electron chi connectivity index (χ3n) is 4.73. The molecule has 0 fully saturated rings. The SMILES string of the molecule is O=C(CNCCC1=CCCCC1)Nc1ccc(C(=O)NCc2ccco2)cc1. The second-order valence-electron chi connectivity index (χ2n) is 6.92. The number of benzene rings is 1. The first kappa shape index (κ1) is 19.9. The number of allylic oxidation sites excluding steroid dienone is 1. The number of carbonyl (C=O) groups excluding carboxylic acids is 2. The summed E-state index contributed by atoms with van der Waals surface area (Å²) in [6.07, 6.45) is 9.86. The van der Waals surface area contributed by atoms with Gasteiger partial charge in [0, 0.05) is 11.3 Å². The van der Waals surface area contributed by atoms with Crippen molar-refractivity contribution in [2.75, 3.05) is 18.4 Å². The Bertz CT molecular complexity index is 795. The zero-order valence-electron chi connectivity index (χ0n) is 16.0. The van der Waals surface area contributed by atoms with Gasteiger partial charge in [-0.2, -0.15) is 0 Å². The van der Waals surface area contributed by atoms with E-state index in [4.69, 9.17) is 4.42 Å². The van der Waals surface area contributed by atoms with Crippen molar-refractivity contribution < 1.29 is 14.0 Å². The van der Waals surface area contributed by atoms with Gasteiger partial charge < -0.3 is 20.4 Å². The van der Waals surface area contributed by atoms with Crippen molar-refractivity contribution in [2.45, 2.75) is 38.6 Å². The molecule has 0 spiro atoms. The van der Waals surface area contributed by atoms with Crippen LogP contribution in [0.15, 0.2) is 58.7 Å². The fourth-order valence-corrected chi connectivity index (χ4v) is 3.18. The normalized spacial score (nSPS) is 13.6. The Kier molecular flexibility index (Phi) is 7.44. The topological polar surface area (TPSA) is 83.4 Å². The van der Waals surface area contributed by atoms with Crippen LogP contribution in [-0.2, 0) is 11.3 Å². The Hall–Kier alpha value is -2.86. The van der Waals surface area contributed by atoms with E-state index in [1.165, 1.54) is 31.3 Å². The molecule has 0 aliphatic heterocycles. The molecule has 1 aromatic heterocycles.